The molecule has 0 spiro atoms. The fourth-order valence-electron chi connectivity index (χ4n) is 1.66. The number of aromatic nitrogens is 1. The van der Waals surface area contributed by atoms with Crippen molar-refractivity contribution in [1.29, 1.82) is 0 Å². The van der Waals surface area contributed by atoms with Crippen molar-refractivity contribution in [2.45, 2.75) is 19.5 Å². The number of nitrogens with one attached hydrogen (secondary N) is 1. The van der Waals surface area contributed by atoms with Gasteiger partial charge in [0.25, 0.3) is 0 Å². The van der Waals surface area contributed by atoms with Gasteiger partial charge in [-0.05, 0) is 68.6 Å². The molecule has 94 valence electrons. The van der Waals surface area contributed by atoms with E-state index in [1.54, 1.807) is 0 Å². The summed E-state index contributed by atoms with van der Waals surface area (Å²) in [5, 5.41) is 3.46. The van der Waals surface area contributed by atoms with Crippen LogP contribution in [0.3, 0.4) is 0 Å². The molecule has 1 heterocycles. The molecule has 0 bridgehead atoms. The Morgan fingerprint density at radius 1 is 1.17 bits per heavy atom. The van der Waals surface area contributed by atoms with Gasteiger partial charge in [0.15, 0.2) is 0 Å². The van der Waals surface area contributed by atoms with E-state index in [4.69, 9.17) is 0 Å². The zero-order chi connectivity index (χ0) is 13.0. The molecule has 4 heteroatoms. The molecular weight excluding hydrogens is 356 g/mol. The molecule has 0 aliphatic carbocycles. The lowest BCUT2D eigenvalue weighted by atomic mass is 10.2. The van der Waals surface area contributed by atoms with E-state index in [2.05, 4.69) is 61.2 Å². The highest BCUT2D eigenvalue weighted by Gasteiger charge is 2.06. The van der Waals surface area contributed by atoms with E-state index in [-0.39, 0.29) is 6.04 Å². The molecule has 0 aliphatic rings. The number of hydrogen-bond acceptors (Lipinski definition) is 2. The van der Waals surface area contributed by atoms with E-state index in [0.29, 0.717) is 0 Å². The maximum Gasteiger partial charge on any atom is 0.0570 e. The monoisotopic (exact) mass is 368 g/mol. The van der Waals surface area contributed by atoms with Crippen LogP contribution in [0.1, 0.15) is 24.2 Å². The molecule has 18 heavy (non-hydrogen) atoms. The highest BCUT2D eigenvalue weighted by Crippen LogP contribution is 2.24. The maximum atomic E-state index is 4.34. The highest BCUT2D eigenvalue weighted by atomic mass is 79.9. The zero-order valence-electron chi connectivity index (χ0n) is 10.0. The van der Waals surface area contributed by atoms with E-state index in [1.807, 2.05) is 30.5 Å². The minimum Gasteiger partial charge on any atom is -0.305 e. The van der Waals surface area contributed by atoms with Gasteiger partial charge in [-0.2, -0.15) is 0 Å². The zero-order valence-corrected chi connectivity index (χ0v) is 13.2. The van der Waals surface area contributed by atoms with Gasteiger partial charge in [0.2, 0.25) is 0 Å². The summed E-state index contributed by atoms with van der Waals surface area (Å²) in [5.41, 5.74) is 2.31. The van der Waals surface area contributed by atoms with Crippen molar-refractivity contribution in [3.8, 4) is 0 Å². The second kappa shape index (κ2) is 6.45. The molecule has 0 saturated heterocycles. The molecule has 2 aromatic rings. The van der Waals surface area contributed by atoms with Crippen molar-refractivity contribution in [3.63, 3.8) is 0 Å². The number of halogens is 2. The fraction of sp³-hybridized carbons (Fsp3) is 0.214. The van der Waals surface area contributed by atoms with Crippen LogP contribution < -0.4 is 5.32 Å². The Kier molecular flexibility index (Phi) is 4.92. The van der Waals surface area contributed by atoms with Gasteiger partial charge in [0.1, 0.15) is 0 Å². The Labute approximate surface area is 124 Å². The van der Waals surface area contributed by atoms with Crippen LogP contribution in [-0.2, 0) is 6.54 Å². The maximum absolute atomic E-state index is 4.34. The summed E-state index contributed by atoms with van der Waals surface area (Å²) in [6.45, 7) is 2.94. The third-order valence-electron chi connectivity index (χ3n) is 2.73. The largest absolute Gasteiger partial charge is 0.305 e. The van der Waals surface area contributed by atoms with Gasteiger partial charge >= 0.3 is 0 Å². The molecule has 0 unspecified atom stereocenters. The van der Waals surface area contributed by atoms with Crippen molar-refractivity contribution in [2.75, 3.05) is 0 Å². The van der Waals surface area contributed by atoms with Gasteiger partial charge in [-0.1, -0.05) is 12.1 Å². The molecule has 0 radical (unpaired) electrons. The topological polar surface area (TPSA) is 24.9 Å². The average Bonchev–Trinajstić information content (AvgIpc) is 2.41. The molecule has 2 nitrogen and oxygen atoms in total. The van der Waals surface area contributed by atoms with E-state index in [0.717, 1.165) is 21.2 Å². The number of benzene rings is 1. The first-order valence-corrected chi connectivity index (χ1v) is 7.33. The molecule has 0 fully saturated rings. The fourth-order valence-corrected chi connectivity index (χ4v) is 2.33. The third kappa shape index (κ3) is 3.64. The lowest BCUT2D eigenvalue weighted by Crippen LogP contribution is -2.18. The number of nitrogens with zero attached hydrogens (tertiary/aromatic N) is 1. The molecule has 2 rings (SSSR count). The van der Waals surface area contributed by atoms with Crippen LogP contribution in [0.15, 0.2) is 51.5 Å². The molecule has 1 atom stereocenters. The Balaban J connectivity index is 1.97. The van der Waals surface area contributed by atoms with Gasteiger partial charge in [-0.25, -0.2) is 0 Å². The van der Waals surface area contributed by atoms with E-state index in [1.165, 1.54) is 5.56 Å². The summed E-state index contributed by atoms with van der Waals surface area (Å²) >= 11 is 6.98. The second-order valence-electron chi connectivity index (χ2n) is 4.11. The van der Waals surface area contributed by atoms with Crippen molar-refractivity contribution >= 4 is 31.9 Å². The lowest BCUT2D eigenvalue weighted by molar-refractivity contribution is 0.561. The summed E-state index contributed by atoms with van der Waals surface area (Å²) in [6, 6.07) is 12.5. The molecular formula is C14H14Br2N2. The molecule has 0 amide bonds. The standard InChI is InChI=1S/C14H14Br2N2/c1-10(14-4-2-3-7-17-14)18-9-11-5-6-12(15)13(16)8-11/h2-8,10,18H,9H2,1H3/t10-/m0/s1. The summed E-state index contributed by atoms with van der Waals surface area (Å²) < 4.78 is 2.15. The minimum atomic E-state index is 0.244. The summed E-state index contributed by atoms with van der Waals surface area (Å²) in [5.74, 6) is 0. The molecule has 0 aliphatic heterocycles. The van der Waals surface area contributed by atoms with Gasteiger partial charge in [0.05, 0.1) is 5.69 Å². The van der Waals surface area contributed by atoms with Crippen LogP contribution in [0.25, 0.3) is 0 Å². The SMILES string of the molecule is C[C@H](NCc1ccc(Br)c(Br)c1)c1ccccn1. The average molecular weight is 370 g/mol. The van der Waals surface area contributed by atoms with Gasteiger partial charge in [-0.3, -0.25) is 4.98 Å². The normalized spacial score (nSPS) is 12.4. The van der Waals surface area contributed by atoms with Crippen LogP contribution in [0.2, 0.25) is 0 Å². The first kappa shape index (κ1) is 13.7. The van der Waals surface area contributed by atoms with Crippen LogP contribution in [0.5, 0.6) is 0 Å². The summed E-state index contributed by atoms with van der Waals surface area (Å²) in [6.07, 6.45) is 1.82. The number of hydrogen-bond donors (Lipinski definition) is 1. The van der Waals surface area contributed by atoms with Crippen LogP contribution in [0.4, 0.5) is 0 Å². The predicted octanol–water partition coefficient (Wildman–Crippen LogP) is 4.46. The van der Waals surface area contributed by atoms with Gasteiger partial charge < -0.3 is 5.32 Å². The second-order valence-corrected chi connectivity index (χ2v) is 5.81. The van der Waals surface area contributed by atoms with Crippen molar-refractivity contribution in [3.05, 3.63) is 62.8 Å². The Morgan fingerprint density at radius 2 is 2.00 bits per heavy atom. The Bertz CT molecular complexity index is 514. The smallest absolute Gasteiger partial charge is 0.0570 e. The van der Waals surface area contributed by atoms with E-state index >= 15 is 0 Å². The molecule has 1 aromatic heterocycles. The van der Waals surface area contributed by atoms with Gasteiger partial charge in [-0.15, -0.1) is 0 Å². The van der Waals surface area contributed by atoms with Crippen molar-refractivity contribution in [2.24, 2.45) is 0 Å². The van der Waals surface area contributed by atoms with Crippen LogP contribution in [-0.4, -0.2) is 4.98 Å². The number of rotatable bonds is 4. The molecule has 1 N–H and O–H groups in total. The van der Waals surface area contributed by atoms with Crippen LogP contribution in [0, 0.1) is 0 Å². The summed E-state index contributed by atoms with van der Waals surface area (Å²) in [4.78, 5) is 4.34. The Morgan fingerprint density at radius 3 is 2.67 bits per heavy atom. The van der Waals surface area contributed by atoms with E-state index in [9.17, 15) is 0 Å². The summed E-state index contributed by atoms with van der Waals surface area (Å²) in [7, 11) is 0. The lowest BCUT2D eigenvalue weighted by Gasteiger charge is -2.13. The highest BCUT2D eigenvalue weighted by molar-refractivity contribution is 9.13. The quantitative estimate of drug-likeness (QED) is 0.860. The van der Waals surface area contributed by atoms with Crippen molar-refractivity contribution < 1.29 is 0 Å². The first-order chi connectivity index (χ1) is 8.66. The molecule has 1 aromatic carbocycles. The molecule has 0 saturated carbocycles. The third-order valence-corrected chi connectivity index (χ3v) is 4.61. The predicted molar refractivity (Wildman–Crippen MR) is 81.3 cm³/mol. The van der Waals surface area contributed by atoms with E-state index < -0.39 is 0 Å². The first-order valence-electron chi connectivity index (χ1n) is 5.75. The Hall–Kier alpha value is -0.710. The number of pyridine rings is 1. The van der Waals surface area contributed by atoms with Crippen LogP contribution >= 0.6 is 31.9 Å². The van der Waals surface area contributed by atoms with Gasteiger partial charge in [0, 0.05) is 27.7 Å². The minimum absolute atomic E-state index is 0.244. The van der Waals surface area contributed by atoms with Crippen molar-refractivity contribution in [1.82, 2.24) is 10.3 Å².